The van der Waals surface area contributed by atoms with Crippen LogP contribution in [0.3, 0.4) is 0 Å². The van der Waals surface area contributed by atoms with E-state index in [1.807, 2.05) is 0 Å². The lowest BCUT2D eigenvalue weighted by Gasteiger charge is -2.29. The van der Waals surface area contributed by atoms with Crippen molar-refractivity contribution >= 4 is 17.3 Å². The molecule has 0 radical (unpaired) electrons. The molecule has 1 aliphatic carbocycles. The summed E-state index contributed by atoms with van der Waals surface area (Å²) in [5.41, 5.74) is 0.852. The van der Waals surface area contributed by atoms with Gasteiger partial charge in [-0.25, -0.2) is 9.78 Å². The van der Waals surface area contributed by atoms with Gasteiger partial charge in [-0.15, -0.1) is 11.3 Å². The molecule has 1 aromatic heterocycles. The molecule has 0 amide bonds. The Labute approximate surface area is 123 Å². The zero-order valence-electron chi connectivity index (χ0n) is 12.0. The highest BCUT2D eigenvalue weighted by Gasteiger charge is 2.32. The van der Waals surface area contributed by atoms with Crippen LogP contribution in [-0.2, 0) is 6.42 Å². The van der Waals surface area contributed by atoms with Crippen LogP contribution >= 0.6 is 11.3 Å². The number of aromatic nitrogens is 1. The number of thiazole rings is 1. The third kappa shape index (κ3) is 3.20. The Kier molecular flexibility index (Phi) is 4.08. The van der Waals surface area contributed by atoms with Gasteiger partial charge in [0.15, 0.2) is 0 Å². The highest BCUT2D eigenvalue weighted by molar-refractivity contribution is 7.13. The van der Waals surface area contributed by atoms with E-state index in [0.717, 1.165) is 42.4 Å². The molecule has 0 aromatic carbocycles. The van der Waals surface area contributed by atoms with Gasteiger partial charge in [-0.3, -0.25) is 0 Å². The van der Waals surface area contributed by atoms with E-state index < -0.39 is 5.97 Å². The number of nitrogens with zero attached hydrogens (tertiary/aromatic N) is 2. The van der Waals surface area contributed by atoms with E-state index in [1.54, 1.807) is 0 Å². The van der Waals surface area contributed by atoms with Gasteiger partial charge in [0.25, 0.3) is 0 Å². The Morgan fingerprint density at radius 1 is 1.35 bits per heavy atom. The molecule has 4 nitrogen and oxygen atoms in total. The van der Waals surface area contributed by atoms with Gasteiger partial charge in [0, 0.05) is 18.9 Å². The molecule has 0 atom stereocenters. The summed E-state index contributed by atoms with van der Waals surface area (Å²) in [6.07, 6.45) is 5.67. The maximum atomic E-state index is 11.3. The first kappa shape index (κ1) is 14.0. The Balaban J connectivity index is 1.60. The standard InChI is InChI=1S/C15H22N2O2S/c1-10-4-7-17(8-5-10)9-6-12-16-13(11-2-3-11)14(20-12)15(18)19/h10-11H,2-9H2,1H3,(H,18,19). The van der Waals surface area contributed by atoms with Gasteiger partial charge < -0.3 is 10.0 Å². The van der Waals surface area contributed by atoms with E-state index in [4.69, 9.17) is 0 Å². The Morgan fingerprint density at radius 2 is 2.05 bits per heavy atom. The van der Waals surface area contributed by atoms with Gasteiger partial charge in [-0.05, 0) is 44.7 Å². The molecule has 5 heteroatoms. The monoisotopic (exact) mass is 294 g/mol. The van der Waals surface area contributed by atoms with E-state index in [9.17, 15) is 9.90 Å². The number of rotatable bonds is 5. The Morgan fingerprint density at radius 3 is 2.65 bits per heavy atom. The van der Waals surface area contributed by atoms with Crippen molar-refractivity contribution < 1.29 is 9.90 Å². The van der Waals surface area contributed by atoms with E-state index in [2.05, 4.69) is 16.8 Å². The number of carboxylic acids is 1. The van der Waals surface area contributed by atoms with Gasteiger partial charge in [0.2, 0.25) is 0 Å². The van der Waals surface area contributed by atoms with Gasteiger partial charge in [0.1, 0.15) is 4.88 Å². The first-order chi connectivity index (χ1) is 9.63. The van der Waals surface area contributed by atoms with Crippen molar-refractivity contribution in [2.45, 2.75) is 44.9 Å². The quantitative estimate of drug-likeness (QED) is 0.907. The largest absolute Gasteiger partial charge is 0.477 e. The lowest BCUT2D eigenvalue weighted by atomic mass is 9.99. The predicted octanol–water partition coefficient (Wildman–Crippen LogP) is 2.99. The normalized spacial score (nSPS) is 21.2. The van der Waals surface area contributed by atoms with Crippen molar-refractivity contribution in [1.29, 1.82) is 0 Å². The summed E-state index contributed by atoms with van der Waals surface area (Å²) >= 11 is 1.39. The van der Waals surface area contributed by atoms with Crippen LogP contribution in [0.2, 0.25) is 0 Å². The maximum absolute atomic E-state index is 11.3. The van der Waals surface area contributed by atoms with Gasteiger partial charge in [-0.2, -0.15) is 0 Å². The molecule has 1 aliphatic heterocycles. The van der Waals surface area contributed by atoms with Crippen molar-refractivity contribution in [2.24, 2.45) is 5.92 Å². The highest BCUT2D eigenvalue weighted by atomic mass is 32.1. The average Bonchev–Trinajstić information content (AvgIpc) is 3.18. The SMILES string of the molecule is CC1CCN(CCc2nc(C3CC3)c(C(=O)O)s2)CC1. The summed E-state index contributed by atoms with van der Waals surface area (Å²) in [5.74, 6) is 0.468. The maximum Gasteiger partial charge on any atom is 0.347 e. The Hall–Kier alpha value is -0.940. The number of carboxylic acid groups (broad SMARTS) is 1. The van der Waals surface area contributed by atoms with Crippen LogP contribution in [0.4, 0.5) is 0 Å². The highest BCUT2D eigenvalue weighted by Crippen LogP contribution is 2.42. The molecule has 1 saturated carbocycles. The van der Waals surface area contributed by atoms with Gasteiger partial charge in [-0.1, -0.05) is 6.92 Å². The minimum Gasteiger partial charge on any atom is -0.477 e. The molecule has 1 N–H and O–H groups in total. The van der Waals surface area contributed by atoms with E-state index in [-0.39, 0.29) is 0 Å². The lowest BCUT2D eigenvalue weighted by Crippen LogP contribution is -2.34. The molecule has 0 bridgehead atoms. The summed E-state index contributed by atoms with van der Waals surface area (Å²) in [7, 11) is 0. The van der Waals surface area contributed by atoms with Crippen LogP contribution in [-0.4, -0.2) is 40.6 Å². The summed E-state index contributed by atoms with van der Waals surface area (Å²) in [6, 6.07) is 0. The third-order valence-corrected chi connectivity index (χ3v) is 5.49. The number of carbonyl (C=O) groups is 1. The summed E-state index contributed by atoms with van der Waals surface area (Å²) < 4.78 is 0. The molecule has 0 unspecified atom stereocenters. The first-order valence-corrected chi connectivity index (χ1v) is 8.40. The summed E-state index contributed by atoms with van der Waals surface area (Å²) in [4.78, 5) is 18.8. The van der Waals surface area contributed by atoms with Crippen LogP contribution in [0.5, 0.6) is 0 Å². The fourth-order valence-corrected chi connectivity index (χ4v) is 3.79. The van der Waals surface area contributed by atoms with E-state index in [0.29, 0.717) is 10.8 Å². The molecule has 3 rings (SSSR count). The lowest BCUT2D eigenvalue weighted by molar-refractivity contribution is 0.0700. The molecule has 110 valence electrons. The molecule has 2 aliphatic rings. The number of piperidine rings is 1. The van der Waals surface area contributed by atoms with Crippen LogP contribution in [0.15, 0.2) is 0 Å². The van der Waals surface area contributed by atoms with Crippen LogP contribution < -0.4 is 0 Å². The molecule has 20 heavy (non-hydrogen) atoms. The number of aromatic carboxylic acids is 1. The Bertz CT molecular complexity index is 488. The number of hydrogen-bond acceptors (Lipinski definition) is 4. The predicted molar refractivity (Wildman–Crippen MR) is 79.6 cm³/mol. The number of likely N-dealkylation sites (tertiary alicyclic amines) is 1. The second kappa shape index (κ2) is 5.82. The fourth-order valence-electron chi connectivity index (χ4n) is 2.81. The number of hydrogen-bond donors (Lipinski definition) is 1. The van der Waals surface area contributed by atoms with Crippen molar-refractivity contribution in [1.82, 2.24) is 9.88 Å². The van der Waals surface area contributed by atoms with Crippen molar-refractivity contribution in [3.63, 3.8) is 0 Å². The zero-order valence-corrected chi connectivity index (χ0v) is 12.8. The molecular weight excluding hydrogens is 272 g/mol. The van der Waals surface area contributed by atoms with Crippen molar-refractivity contribution in [3.8, 4) is 0 Å². The second-order valence-corrected chi connectivity index (χ2v) is 7.26. The van der Waals surface area contributed by atoms with Gasteiger partial charge in [0.05, 0.1) is 10.7 Å². The van der Waals surface area contributed by atoms with Crippen LogP contribution in [0.1, 0.15) is 58.9 Å². The van der Waals surface area contributed by atoms with E-state index in [1.165, 1.54) is 37.3 Å². The van der Waals surface area contributed by atoms with Gasteiger partial charge >= 0.3 is 5.97 Å². The van der Waals surface area contributed by atoms with E-state index >= 15 is 0 Å². The van der Waals surface area contributed by atoms with Crippen molar-refractivity contribution in [2.75, 3.05) is 19.6 Å². The third-order valence-electron chi connectivity index (χ3n) is 4.37. The second-order valence-electron chi connectivity index (χ2n) is 6.18. The molecule has 2 fully saturated rings. The molecule has 0 spiro atoms. The topological polar surface area (TPSA) is 53.4 Å². The van der Waals surface area contributed by atoms with Crippen LogP contribution in [0.25, 0.3) is 0 Å². The molecule has 1 saturated heterocycles. The smallest absolute Gasteiger partial charge is 0.347 e. The summed E-state index contributed by atoms with van der Waals surface area (Å²) in [5, 5.41) is 10.3. The summed E-state index contributed by atoms with van der Waals surface area (Å²) in [6.45, 7) is 5.68. The fraction of sp³-hybridized carbons (Fsp3) is 0.733. The molecule has 1 aromatic rings. The minimum atomic E-state index is -0.803. The minimum absolute atomic E-state index is 0.418. The van der Waals surface area contributed by atoms with Crippen LogP contribution in [0, 0.1) is 5.92 Å². The van der Waals surface area contributed by atoms with Crippen molar-refractivity contribution in [3.05, 3.63) is 15.6 Å². The molecular formula is C15H22N2O2S. The zero-order chi connectivity index (χ0) is 14.1. The first-order valence-electron chi connectivity index (χ1n) is 7.58. The average molecular weight is 294 g/mol. The molecule has 2 heterocycles.